The highest BCUT2D eigenvalue weighted by Gasteiger charge is 2.15. The van der Waals surface area contributed by atoms with Crippen LogP contribution in [0.1, 0.15) is 52.1 Å². The maximum atomic E-state index is 8.82. The summed E-state index contributed by atoms with van der Waals surface area (Å²) in [7, 11) is 0. The fourth-order valence-corrected chi connectivity index (χ4v) is 2.96. The Kier molecular flexibility index (Phi) is 7.77. The highest BCUT2D eigenvalue weighted by Crippen LogP contribution is 2.30. The van der Waals surface area contributed by atoms with E-state index in [-0.39, 0.29) is 0 Å². The zero-order chi connectivity index (χ0) is 15.8. The molecule has 1 atom stereocenters. The van der Waals surface area contributed by atoms with Crippen molar-refractivity contribution in [3.8, 4) is 6.07 Å². The second-order valence-corrected chi connectivity index (χ2v) is 6.44. The molecule has 1 aromatic carbocycles. The Bertz CT molecular complexity index is 479. The highest BCUT2D eigenvalue weighted by molar-refractivity contribution is 9.10. The van der Waals surface area contributed by atoms with Gasteiger partial charge in [0, 0.05) is 23.1 Å². The van der Waals surface area contributed by atoms with Crippen LogP contribution in [0.2, 0.25) is 0 Å². The van der Waals surface area contributed by atoms with E-state index in [0.717, 1.165) is 29.7 Å². The summed E-state index contributed by atoms with van der Waals surface area (Å²) in [5, 5.41) is 12.3. The summed E-state index contributed by atoms with van der Waals surface area (Å²) in [5.41, 5.74) is 2.44. The molecule has 0 aliphatic heterocycles. The largest absolute Gasteiger partial charge is 0.367 e. The molecule has 1 aromatic rings. The van der Waals surface area contributed by atoms with Gasteiger partial charge in [0.05, 0.1) is 18.2 Å². The van der Waals surface area contributed by atoms with Crippen LogP contribution in [0.3, 0.4) is 0 Å². The van der Waals surface area contributed by atoms with Crippen molar-refractivity contribution in [3.63, 3.8) is 0 Å². The lowest BCUT2D eigenvalue weighted by molar-refractivity contribution is 0.570. The van der Waals surface area contributed by atoms with Crippen molar-refractivity contribution in [1.29, 1.82) is 5.26 Å². The van der Waals surface area contributed by atoms with E-state index in [1.165, 1.54) is 5.56 Å². The summed E-state index contributed by atoms with van der Waals surface area (Å²) in [6.45, 7) is 10.5. The van der Waals surface area contributed by atoms with E-state index in [1.807, 2.05) is 0 Å². The molecule has 0 aliphatic carbocycles. The summed E-state index contributed by atoms with van der Waals surface area (Å²) >= 11 is 3.69. The lowest BCUT2D eigenvalue weighted by atomic mass is 10.1. The fraction of sp³-hybridized carbons (Fsp3) is 0.588. The fourth-order valence-electron chi connectivity index (χ4n) is 2.33. The SMILES string of the molecule is CCCNC(C)c1ccc(N(CCC#N)C(C)C)c(Br)c1. The van der Waals surface area contributed by atoms with Gasteiger partial charge in [0.2, 0.25) is 0 Å². The minimum atomic E-state index is 0.349. The Morgan fingerprint density at radius 3 is 2.57 bits per heavy atom. The first-order chi connectivity index (χ1) is 10.0. The predicted molar refractivity (Wildman–Crippen MR) is 93.6 cm³/mol. The molecule has 21 heavy (non-hydrogen) atoms. The number of nitrogens with zero attached hydrogens (tertiary/aromatic N) is 2. The molecule has 116 valence electrons. The van der Waals surface area contributed by atoms with E-state index in [2.05, 4.69) is 78.1 Å². The number of rotatable bonds is 8. The maximum absolute atomic E-state index is 8.82. The lowest BCUT2D eigenvalue weighted by Crippen LogP contribution is -2.32. The zero-order valence-corrected chi connectivity index (χ0v) is 15.1. The van der Waals surface area contributed by atoms with Crippen LogP contribution in [0.25, 0.3) is 0 Å². The molecule has 0 heterocycles. The molecule has 0 amide bonds. The van der Waals surface area contributed by atoms with Crippen molar-refractivity contribution >= 4 is 21.6 Å². The van der Waals surface area contributed by atoms with Gasteiger partial charge in [-0.15, -0.1) is 0 Å². The second kappa shape index (κ2) is 9.07. The minimum absolute atomic E-state index is 0.349. The van der Waals surface area contributed by atoms with E-state index in [4.69, 9.17) is 5.26 Å². The average molecular weight is 352 g/mol. The number of hydrogen-bond acceptors (Lipinski definition) is 3. The summed E-state index contributed by atoms with van der Waals surface area (Å²) in [6, 6.07) is 9.46. The van der Waals surface area contributed by atoms with Crippen molar-refractivity contribution in [2.45, 2.75) is 52.6 Å². The third-order valence-corrected chi connectivity index (χ3v) is 4.20. The number of anilines is 1. The number of nitrogens with one attached hydrogen (secondary N) is 1. The molecule has 0 radical (unpaired) electrons. The Morgan fingerprint density at radius 2 is 2.05 bits per heavy atom. The van der Waals surface area contributed by atoms with Gasteiger partial charge in [-0.3, -0.25) is 0 Å². The lowest BCUT2D eigenvalue weighted by Gasteiger charge is -2.29. The van der Waals surface area contributed by atoms with Crippen molar-refractivity contribution in [3.05, 3.63) is 28.2 Å². The molecule has 1 rings (SSSR count). The summed E-state index contributed by atoms with van der Waals surface area (Å²) in [5.74, 6) is 0. The minimum Gasteiger partial charge on any atom is -0.367 e. The highest BCUT2D eigenvalue weighted by atomic mass is 79.9. The first-order valence-corrected chi connectivity index (χ1v) is 8.47. The van der Waals surface area contributed by atoms with E-state index in [9.17, 15) is 0 Å². The standard InChI is InChI=1S/C17H26BrN3/c1-5-10-20-14(4)15-7-8-17(16(18)12-15)21(13(2)3)11-6-9-19/h7-8,12-14,20H,5-6,10-11H2,1-4H3. The van der Waals surface area contributed by atoms with Crippen LogP contribution in [-0.4, -0.2) is 19.1 Å². The van der Waals surface area contributed by atoms with Crippen LogP contribution in [0.15, 0.2) is 22.7 Å². The molecule has 0 spiro atoms. The molecule has 1 unspecified atom stereocenters. The number of hydrogen-bond donors (Lipinski definition) is 1. The van der Waals surface area contributed by atoms with Crippen LogP contribution in [-0.2, 0) is 0 Å². The van der Waals surface area contributed by atoms with Crippen molar-refractivity contribution in [2.24, 2.45) is 0 Å². The summed E-state index contributed by atoms with van der Waals surface area (Å²) in [4.78, 5) is 2.27. The molecule has 0 aromatic heterocycles. The van der Waals surface area contributed by atoms with Crippen LogP contribution in [0, 0.1) is 11.3 Å². The van der Waals surface area contributed by atoms with Gasteiger partial charge in [0.1, 0.15) is 0 Å². The van der Waals surface area contributed by atoms with Crippen LogP contribution in [0.4, 0.5) is 5.69 Å². The quantitative estimate of drug-likeness (QED) is 0.741. The Balaban J connectivity index is 2.92. The molecule has 0 aliphatic rings. The van der Waals surface area contributed by atoms with Gasteiger partial charge in [-0.05, 0) is 67.4 Å². The molecule has 4 heteroatoms. The molecular weight excluding hydrogens is 326 g/mol. The van der Waals surface area contributed by atoms with E-state index < -0.39 is 0 Å². The molecule has 0 saturated carbocycles. The van der Waals surface area contributed by atoms with Crippen LogP contribution in [0.5, 0.6) is 0 Å². The normalized spacial score (nSPS) is 12.2. The number of nitriles is 1. The molecule has 0 bridgehead atoms. The van der Waals surface area contributed by atoms with E-state index in [1.54, 1.807) is 0 Å². The Morgan fingerprint density at radius 1 is 1.33 bits per heavy atom. The van der Waals surface area contributed by atoms with E-state index >= 15 is 0 Å². The first-order valence-electron chi connectivity index (χ1n) is 7.67. The topological polar surface area (TPSA) is 39.1 Å². The Labute approximate surface area is 137 Å². The van der Waals surface area contributed by atoms with Gasteiger partial charge in [-0.1, -0.05) is 13.0 Å². The van der Waals surface area contributed by atoms with Crippen LogP contribution >= 0.6 is 15.9 Å². The van der Waals surface area contributed by atoms with Crippen LogP contribution < -0.4 is 10.2 Å². The zero-order valence-electron chi connectivity index (χ0n) is 13.5. The van der Waals surface area contributed by atoms with Gasteiger partial charge in [0.25, 0.3) is 0 Å². The third-order valence-electron chi connectivity index (χ3n) is 3.57. The number of benzene rings is 1. The molecular formula is C17H26BrN3. The third kappa shape index (κ3) is 5.33. The summed E-state index contributed by atoms with van der Waals surface area (Å²) in [6.07, 6.45) is 1.68. The molecule has 1 N–H and O–H groups in total. The smallest absolute Gasteiger partial charge is 0.0640 e. The van der Waals surface area contributed by atoms with Crippen molar-refractivity contribution in [1.82, 2.24) is 5.32 Å². The van der Waals surface area contributed by atoms with Gasteiger partial charge in [-0.25, -0.2) is 0 Å². The second-order valence-electron chi connectivity index (χ2n) is 5.58. The van der Waals surface area contributed by atoms with Gasteiger partial charge < -0.3 is 10.2 Å². The maximum Gasteiger partial charge on any atom is 0.0640 e. The monoisotopic (exact) mass is 351 g/mol. The van der Waals surface area contributed by atoms with Crippen molar-refractivity contribution in [2.75, 3.05) is 18.0 Å². The molecule has 3 nitrogen and oxygen atoms in total. The predicted octanol–water partition coefficient (Wildman–Crippen LogP) is 4.64. The van der Waals surface area contributed by atoms with Gasteiger partial charge in [-0.2, -0.15) is 5.26 Å². The Hall–Kier alpha value is -1.05. The van der Waals surface area contributed by atoms with E-state index in [0.29, 0.717) is 18.5 Å². The first kappa shape index (κ1) is 18.0. The van der Waals surface area contributed by atoms with Gasteiger partial charge in [0.15, 0.2) is 0 Å². The molecule has 0 fully saturated rings. The average Bonchev–Trinajstić information content (AvgIpc) is 2.46. The van der Waals surface area contributed by atoms with Gasteiger partial charge >= 0.3 is 0 Å². The molecule has 0 saturated heterocycles. The summed E-state index contributed by atoms with van der Waals surface area (Å²) < 4.78 is 1.09. The number of halogens is 1. The van der Waals surface area contributed by atoms with Crippen molar-refractivity contribution < 1.29 is 0 Å².